The van der Waals surface area contributed by atoms with E-state index in [9.17, 15) is 4.79 Å². The molecule has 0 fully saturated rings. The molecule has 1 N–H and O–H groups in total. The summed E-state index contributed by atoms with van der Waals surface area (Å²) in [4.78, 5) is 12.0. The summed E-state index contributed by atoms with van der Waals surface area (Å²) >= 11 is 0. The molecule has 0 saturated carbocycles. The summed E-state index contributed by atoms with van der Waals surface area (Å²) in [7, 11) is 1.78. The Hall–Kier alpha value is -1.55. The van der Waals surface area contributed by atoms with Gasteiger partial charge in [0.05, 0.1) is 19.8 Å². The molecular weight excluding hydrogens is 218 g/mol. The van der Waals surface area contributed by atoms with Crippen molar-refractivity contribution in [1.82, 2.24) is 5.32 Å². The Bertz CT molecular complexity index is 482. The van der Waals surface area contributed by atoms with Gasteiger partial charge in [0.25, 0.3) is 0 Å². The van der Waals surface area contributed by atoms with Gasteiger partial charge in [0.15, 0.2) is 17.3 Å². The molecule has 0 bridgehead atoms. The number of carbonyl (C=O) groups excluding carboxylic acids is 1. The second-order valence-electron chi connectivity index (χ2n) is 4.37. The van der Waals surface area contributed by atoms with E-state index in [1.807, 2.05) is 6.07 Å². The van der Waals surface area contributed by atoms with E-state index >= 15 is 0 Å². The van der Waals surface area contributed by atoms with Gasteiger partial charge in [-0.3, -0.25) is 4.79 Å². The lowest BCUT2D eigenvalue weighted by Gasteiger charge is -2.10. The zero-order valence-corrected chi connectivity index (χ0v) is 9.84. The van der Waals surface area contributed by atoms with E-state index in [2.05, 4.69) is 5.32 Å². The lowest BCUT2D eigenvalue weighted by Crippen LogP contribution is -2.19. The number of hydrogen-bond donors (Lipinski definition) is 1. The van der Waals surface area contributed by atoms with E-state index in [4.69, 9.17) is 9.47 Å². The van der Waals surface area contributed by atoms with Crippen LogP contribution in [0.15, 0.2) is 6.07 Å². The van der Waals surface area contributed by atoms with Crippen LogP contribution in [0.3, 0.4) is 0 Å². The van der Waals surface area contributed by atoms with Gasteiger partial charge in [-0.1, -0.05) is 0 Å². The monoisotopic (exact) mass is 233 g/mol. The van der Waals surface area contributed by atoms with Crippen LogP contribution in [0.25, 0.3) is 0 Å². The fourth-order valence-electron chi connectivity index (χ4n) is 2.50. The highest BCUT2D eigenvalue weighted by Gasteiger charge is 2.29. The van der Waals surface area contributed by atoms with Gasteiger partial charge in [0.2, 0.25) is 0 Å². The first kappa shape index (κ1) is 10.6. The maximum absolute atomic E-state index is 12.0. The average molecular weight is 233 g/mol. The van der Waals surface area contributed by atoms with E-state index in [1.54, 1.807) is 7.05 Å². The van der Waals surface area contributed by atoms with Crippen LogP contribution in [0.1, 0.15) is 21.5 Å². The number of Topliss-reactive ketones (excluding diaryl/α,β-unsaturated/α-hetero) is 1. The third-order valence-electron chi connectivity index (χ3n) is 3.27. The van der Waals surface area contributed by atoms with E-state index in [-0.39, 0.29) is 5.78 Å². The van der Waals surface area contributed by atoms with Crippen LogP contribution in [-0.4, -0.2) is 32.6 Å². The molecule has 0 amide bonds. The van der Waals surface area contributed by atoms with Crippen molar-refractivity contribution in [3.05, 3.63) is 22.8 Å². The summed E-state index contributed by atoms with van der Waals surface area (Å²) in [5.41, 5.74) is 2.92. The smallest absolute Gasteiger partial charge is 0.177 e. The van der Waals surface area contributed by atoms with Crippen molar-refractivity contribution in [1.29, 1.82) is 0 Å². The Morgan fingerprint density at radius 1 is 1.29 bits per heavy atom. The van der Waals surface area contributed by atoms with Crippen LogP contribution in [0.5, 0.6) is 11.5 Å². The van der Waals surface area contributed by atoms with E-state index < -0.39 is 0 Å². The molecule has 0 spiro atoms. The third-order valence-corrected chi connectivity index (χ3v) is 3.27. The van der Waals surface area contributed by atoms with E-state index in [1.165, 1.54) is 0 Å². The molecule has 0 aromatic heterocycles. The van der Waals surface area contributed by atoms with Crippen LogP contribution in [0, 0.1) is 0 Å². The van der Waals surface area contributed by atoms with Gasteiger partial charge in [-0.15, -0.1) is 0 Å². The maximum atomic E-state index is 12.0. The summed E-state index contributed by atoms with van der Waals surface area (Å²) in [6.45, 7) is 1.70. The molecule has 1 aromatic carbocycles. The second kappa shape index (κ2) is 4.04. The normalized spacial score (nSPS) is 16.1. The highest BCUT2D eigenvalue weighted by Crippen LogP contribution is 2.43. The van der Waals surface area contributed by atoms with Crippen molar-refractivity contribution in [2.24, 2.45) is 0 Å². The summed E-state index contributed by atoms with van der Waals surface area (Å²) in [5.74, 6) is 1.79. The number of hydrogen-bond acceptors (Lipinski definition) is 4. The van der Waals surface area contributed by atoms with Crippen molar-refractivity contribution in [2.45, 2.75) is 12.8 Å². The van der Waals surface area contributed by atoms with Gasteiger partial charge in [-0.05, 0) is 13.1 Å². The van der Waals surface area contributed by atoms with Gasteiger partial charge in [-0.2, -0.15) is 0 Å². The fourth-order valence-corrected chi connectivity index (χ4v) is 2.50. The quantitative estimate of drug-likeness (QED) is 0.790. The summed E-state index contributed by atoms with van der Waals surface area (Å²) < 4.78 is 11.2. The Labute approximate surface area is 99.9 Å². The molecule has 3 rings (SSSR count). The predicted molar refractivity (Wildman–Crippen MR) is 63.1 cm³/mol. The van der Waals surface area contributed by atoms with Gasteiger partial charge in [-0.25, -0.2) is 0 Å². The summed E-state index contributed by atoms with van der Waals surface area (Å²) in [6.07, 6.45) is 1.67. The minimum Gasteiger partial charge on any atom is -0.489 e. The first-order valence-corrected chi connectivity index (χ1v) is 5.93. The molecule has 2 aliphatic rings. The molecule has 1 aromatic rings. The van der Waals surface area contributed by atoms with E-state index in [0.717, 1.165) is 41.0 Å². The number of benzene rings is 1. The van der Waals surface area contributed by atoms with Crippen molar-refractivity contribution in [3.8, 4) is 11.5 Å². The number of ketones is 1. The predicted octanol–water partition coefficient (Wildman–Crippen LogP) is 0.959. The molecule has 0 radical (unpaired) electrons. The van der Waals surface area contributed by atoms with Crippen LogP contribution < -0.4 is 14.8 Å². The number of likely N-dealkylation sites (N-methyl/N-ethyl adjacent to an activating group) is 1. The highest BCUT2D eigenvalue weighted by molar-refractivity contribution is 6.00. The van der Waals surface area contributed by atoms with Gasteiger partial charge >= 0.3 is 0 Å². The molecule has 0 aliphatic carbocycles. The van der Waals surface area contributed by atoms with Crippen molar-refractivity contribution >= 4 is 5.78 Å². The summed E-state index contributed by atoms with van der Waals surface area (Å²) in [5, 5.41) is 2.90. The number of carbonyl (C=O) groups is 1. The average Bonchev–Trinajstić information content (AvgIpc) is 2.95. The Morgan fingerprint density at radius 2 is 2.06 bits per heavy atom. The highest BCUT2D eigenvalue weighted by atomic mass is 16.5. The molecule has 17 heavy (non-hydrogen) atoms. The Balaban J connectivity index is 2.10. The van der Waals surface area contributed by atoms with E-state index in [0.29, 0.717) is 19.8 Å². The summed E-state index contributed by atoms with van der Waals surface area (Å²) in [6, 6.07) is 1.98. The molecule has 2 heterocycles. The molecule has 0 atom stereocenters. The lowest BCUT2D eigenvalue weighted by atomic mass is 9.97. The maximum Gasteiger partial charge on any atom is 0.177 e. The van der Waals surface area contributed by atoms with Crippen LogP contribution >= 0.6 is 0 Å². The van der Waals surface area contributed by atoms with Gasteiger partial charge < -0.3 is 14.8 Å². The zero-order chi connectivity index (χ0) is 11.8. The number of rotatable bonds is 3. The molecule has 4 heteroatoms. The molecule has 0 unspecified atom stereocenters. The van der Waals surface area contributed by atoms with Crippen molar-refractivity contribution in [2.75, 3.05) is 26.8 Å². The van der Waals surface area contributed by atoms with Gasteiger partial charge in [0, 0.05) is 29.5 Å². The lowest BCUT2D eigenvalue weighted by molar-refractivity contribution is 0.0992. The third kappa shape index (κ3) is 1.60. The SMILES string of the molecule is CNCC(=O)c1cc2c(c3c1CCO3)OCC2. The molecule has 0 saturated heterocycles. The fraction of sp³-hybridized carbons (Fsp3) is 0.462. The molecule has 4 nitrogen and oxygen atoms in total. The largest absolute Gasteiger partial charge is 0.489 e. The van der Waals surface area contributed by atoms with Crippen LogP contribution in [0.4, 0.5) is 0 Å². The topological polar surface area (TPSA) is 47.6 Å². The minimum atomic E-state index is 0.129. The minimum absolute atomic E-state index is 0.129. The Kier molecular flexibility index (Phi) is 2.52. The number of fused-ring (bicyclic) bond motifs is 3. The van der Waals surface area contributed by atoms with Crippen molar-refractivity contribution < 1.29 is 14.3 Å². The Morgan fingerprint density at radius 3 is 2.88 bits per heavy atom. The second-order valence-corrected chi connectivity index (χ2v) is 4.37. The molecule has 90 valence electrons. The molecular formula is C13H15NO3. The first-order valence-electron chi connectivity index (χ1n) is 5.93. The number of nitrogens with one attached hydrogen (secondary N) is 1. The zero-order valence-electron chi connectivity index (χ0n) is 9.84. The first-order chi connectivity index (χ1) is 8.31. The van der Waals surface area contributed by atoms with Crippen molar-refractivity contribution in [3.63, 3.8) is 0 Å². The van der Waals surface area contributed by atoms with Crippen LogP contribution in [0.2, 0.25) is 0 Å². The number of ether oxygens (including phenoxy) is 2. The van der Waals surface area contributed by atoms with Crippen LogP contribution in [-0.2, 0) is 12.8 Å². The molecule has 2 aliphatic heterocycles. The standard InChI is InChI=1S/C13H15NO3/c1-14-7-11(15)10-6-8-2-4-16-12(8)13-9(10)3-5-17-13/h6,14H,2-5,7H2,1H3. The van der Waals surface area contributed by atoms with Gasteiger partial charge in [0.1, 0.15) is 0 Å².